The quantitative estimate of drug-likeness (QED) is 0.891. The van der Waals surface area contributed by atoms with Gasteiger partial charge in [-0.15, -0.1) is 0 Å². The number of fused-ring (bicyclic) bond motifs is 1. The molecule has 1 heterocycles. The molecular weight excluding hydrogens is 230 g/mol. The lowest BCUT2D eigenvalue weighted by atomic mass is 10.1. The third-order valence-corrected chi connectivity index (χ3v) is 2.90. The fraction of sp³-hybridized carbons (Fsp3) is 0.500. The molecule has 0 fully saturated rings. The molecule has 4 nitrogen and oxygen atoms in total. The zero-order chi connectivity index (χ0) is 13.0. The minimum atomic E-state index is -0.0621. The lowest BCUT2D eigenvalue weighted by Gasteiger charge is -2.19. The van der Waals surface area contributed by atoms with E-state index >= 15 is 0 Å². The maximum atomic E-state index is 12.0. The molecule has 0 bridgehead atoms. The number of ether oxygens (including phenoxy) is 2. The van der Waals surface area contributed by atoms with Crippen molar-refractivity contribution in [3.05, 3.63) is 23.8 Å². The summed E-state index contributed by atoms with van der Waals surface area (Å²) in [5, 5.41) is 2.97. The Hall–Kier alpha value is -1.71. The highest BCUT2D eigenvalue weighted by molar-refractivity contribution is 5.95. The predicted octanol–water partition coefficient (Wildman–Crippen LogP) is 2.38. The van der Waals surface area contributed by atoms with Gasteiger partial charge in [0, 0.05) is 11.6 Å². The molecule has 0 saturated heterocycles. The number of carbonyl (C=O) groups is 1. The summed E-state index contributed by atoms with van der Waals surface area (Å²) in [7, 11) is 0. The first-order valence-corrected chi connectivity index (χ1v) is 6.41. The predicted molar refractivity (Wildman–Crippen MR) is 69.3 cm³/mol. The molecule has 4 heteroatoms. The summed E-state index contributed by atoms with van der Waals surface area (Å²) in [5.41, 5.74) is 0.613. The standard InChI is InChI=1S/C14H19NO3/c1-3-4-10(2)15-14(16)11-5-6-12-13(9-11)18-8-7-17-12/h5-6,9-10H,3-4,7-8H2,1-2H3,(H,15,16). The van der Waals surface area contributed by atoms with Gasteiger partial charge in [0.15, 0.2) is 11.5 Å². The number of benzene rings is 1. The molecule has 0 radical (unpaired) electrons. The summed E-state index contributed by atoms with van der Waals surface area (Å²) < 4.78 is 10.9. The van der Waals surface area contributed by atoms with Crippen molar-refractivity contribution < 1.29 is 14.3 Å². The highest BCUT2D eigenvalue weighted by Crippen LogP contribution is 2.30. The van der Waals surface area contributed by atoms with E-state index < -0.39 is 0 Å². The minimum absolute atomic E-state index is 0.0621. The Kier molecular flexibility index (Phi) is 4.07. The fourth-order valence-corrected chi connectivity index (χ4v) is 2.00. The highest BCUT2D eigenvalue weighted by atomic mass is 16.6. The number of amides is 1. The Morgan fingerprint density at radius 1 is 1.33 bits per heavy atom. The van der Waals surface area contributed by atoms with E-state index in [1.807, 2.05) is 6.92 Å². The van der Waals surface area contributed by atoms with E-state index in [1.54, 1.807) is 18.2 Å². The van der Waals surface area contributed by atoms with Gasteiger partial charge < -0.3 is 14.8 Å². The summed E-state index contributed by atoms with van der Waals surface area (Å²) in [6.07, 6.45) is 2.04. The molecule has 98 valence electrons. The largest absolute Gasteiger partial charge is 0.486 e. The SMILES string of the molecule is CCCC(C)NC(=O)c1ccc2c(c1)OCCO2. The monoisotopic (exact) mass is 249 g/mol. The van der Waals surface area contributed by atoms with E-state index in [0.29, 0.717) is 30.3 Å². The average Bonchev–Trinajstić information content (AvgIpc) is 2.38. The Morgan fingerprint density at radius 2 is 2.06 bits per heavy atom. The first-order valence-electron chi connectivity index (χ1n) is 6.41. The van der Waals surface area contributed by atoms with Gasteiger partial charge in [-0.1, -0.05) is 13.3 Å². The van der Waals surface area contributed by atoms with Crippen LogP contribution < -0.4 is 14.8 Å². The smallest absolute Gasteiger partial charge is 0.251 e. The summed E-state index contributed by atoms with van der Waals surface area (Å²) in [6, 6.07) is 5.48. The Morgan fingerprint density at radius 3 is 2.78 bits per heavy atom. The minimum Gasteiger partial charge on any atom is -0.486 e. The van der Waals surface area contributed by atoms with Gasteiger partial charge in [0.25, 0.3) is 5.91 Å². The van der Waals surface area contributed by atoms with Crippen molar-refractivity contribution in [1.82, 2.24) is 5.32 Å². The average molecular weight is 249 g/mol. The van der Waals surface area contributed by atoms with Crippen LogP contribution in [0.25, 0.3) is 0 Å². The second-order valence-electron chi connectivity index (χ2n) is 4.52. The summed E-state index contributed by atoms with van der Waals surface area (Å²) in [5.74, 6) is 1.30. The van der Waals surface area contributed by atoms with Crippen LogP contribution >= 0.6 is 0 Å². The van der Waals surface area contributed by atoms with Crippen molar-refractivity contribution >= 4 is 5.91 Å². The molecule has 1 N–H and O–H groups in total. The summed E-state index contributed by atoms with van der Waals surface area (Å²) >= 11 is 0. The summed E-state index contributed by atoms with van der Waals surface area (Å²) in [4.78, 5) is 12.0. The van der Waals surface area contributed by atoms with Crippen LogP contribution in [0.4, 0.5) is 0 Å². The van der Waals surface area contributed by atoms with E-state index in [-0.39, 0.29) is 11.9 Å². The first kappa shape index (κ1) is 12.7. The molecule has 1 aliphatic heterocycles. The van der Waals surface area contributed by atoms with E-state index in [9.17, 15) is 4.79 Å². The molecule has 0 aliphatic carbocycles. The van der Waals surface area contributed by atoms with Gasteiger partial charge in [-0.05, 0) is 31.5 Å². The molecule has 18 heavy (non-hydrogen) atoms. The molecule has 1 aromatic rings. The van der Waals surface area contributed by atoms with Crippen LogP contribution in [0.2, 0.25) is 0 Å². The van der Waals surface area contributed by atoms with Crippen LogP contribution in [0, 0.1) is 0 Å². The first-order chi connectivity index (χ1) is 8.70. The number of carbonyl (C=O) groups excluding carboxylic acids is 1. The van der Waals surface area contributed by atoms with Gasteiger partial charge in [-0.2, -0.15) is 0 Å². The molecule has 0 saturated carbocycles. The van der Waals surface area contributed by atoms with Gasteiger partial charge in [0.05, 0.1) is 0 Å². The zero-order valence-electron chi connectivity index (χ0n) is 10.9. The van der Waals surface area contributed by atoms with E-state index in [1.165, 1.54) is 0 Å². The Labute approximate surface area is 107 Å². The Bertz CT molecular complexity index is 431. The van der Waals surface area contributed by atoms with Crippen molar-refractivity contribution in [2.45, 2.75) is 32.7 Å². The lowest BCUT2D eigenvalue weighted by molar-refractivity contribution is 0.0937. The lowest BCUT2D eigenvalue weighted by Crippen LogP contribution is -2.32. The molecule has 1 atom stereocenters. The molecule has 1 amide bonds. The molecule has 1 aromatic carbocycles. The summed E-state index contributed by atoms with van der Waals surface area (Å²) in [6.45, 7) is 5.21. The van der Waals surface area contributed by atoms with E-state index in [4.69, 9.17) is 9.47 Å². The van der Waals surface area contributed by atoms with Gasteiger partial charge in [0.1, 0.15) is 13.2 Å². The Balaban J connectivity index is 2.06. The second-order valence-corrected chi connectivity index (χ2v) is 4.52. The highest BCUT2D eigenvalue weighted by Gasteiger charge is 2.15. The van der Waals surface area contributed by atoms with Gasteiger partial charge >= 0.3 is 0 Å². The molecular formula is C14H19NO3. The van der Waals surface area contributed by atoms with Crippen molar-refractivity contribution in [3.8, 4) is 11.5 Å². The fourth-order valence-electron chi connectivity index (χ4n) is 2.00. The molecule has 1 aliphatic rings. The van der Waals surface area contributed by atoms with Gasteiger partial charge in [-0.25, -0.2) is 0 Å². The molecule has 0 aromatic heterocycles. The molecule has 2 rings (SSSR count). The van der Waals surface area contributed by atoms with Gasteiger partial charge in [-0.3, -0.25) is 4.79 Å². The van der Waals surface area contributed by atoms with Crippen LogP contribution in [0.15, 0.2) is 18.2 Å². The van der Waals surface area contributed by atoms with Crippen molar-refractivity contribution in [1.29, 1.82) is 0 Å². The van der Waals surface area contributed by atoms with Crippen LogP contribution in [0.1, 0.15) is 37.0 Å². The van der Waals surface area contributed by atoms with Crippen LogP contribution in [-0.4, -0.2) is 25.2 Å². The molecule has 0 spiro atoms. The second kappa shape index (κ2) is 5.76. The van der Waals surface area contributed by atoms with E-state index in [2.05, 4.69) is 12.2 Å². The topological polar surface area (TPSA) is 47.6 Å². The number of hydrogen-bond acceptors (Lipinski definition) is 3. The number of nitrogens with one attached hydrogen (secondary N) is 1. The van der Waals surface area contributed by atoms with Crippen LogP contribution in [0.5, 0.6) is 11.5 Å². The normalized spacial score (nSPS) is 15.0. The molecule has 1 unspecified atom stereocenters. The zero-order valence-corrected chi connectivity index (χ0v) is 10.9. The number of rotatable bonds is 4. The van der Waals surface area contributed by atoms with Crippen molar-refractivity contribution in [2.75, 3.05) is 13.2 Å². The maximum Gasteiger partial charge on any atom is 0.251 e. The third kappa shape index (κ3) is 2.94. The van der Waals surface area contributed by atoms with Crippen molar-refractivity contribution in [3.63, 3.8) is 0 Å². The van der Waals surface area contributed by atoms with E-state index in [0.717, 1.165) is 12.8 Å². The van der Waals surface area contributed by atoms with Gasteiger partial charge in [0.2, 0.25) is 0 Å². The van der Waals surface area contributed by atoms with Crippen LogP contribution in [0.3, 0.4) is 0 Å². The maximum absolute atomic E-state index is 12.0. The number of hydrogen-bond donors (Lipinski definition) is 1. The third-order valence-electron chi connectivity index (χ3n) is 2.90. The van der Waals surface area contributed by atoms with Crippen LogP contribution in [-0.2, 0) is 0 Å². The van der Waals surface area contributed by atoms with Crippen molar-refractivity contribution in [2.24, 2.45) is 0 Å².